The van der Waals surface area contributed by atoms with Gasteiger partial charge in [-0.15, -0.1) is 0 Å². The fraction of sp³-hybridized carbons (Fsp3) is 0. The van der Waals surface area contributed by atoms with Crippen LogP contribution in [0.3, 0.4) is 0 Å². The first-order valence-electron chi connectivity index (χ1n) is 4.04. The van der Waals surface area contributed by atoms with Crippen LogP contribution in [0.2, 0.25) is 0 Å². The molecule has 0 bridgehead atoms. The Morgan fingerprint density at radius 1 is 1.00 bits per heavy atom. The summed E-state index contributed by atoms with van der Waals surface area (Å²) < 4.78 is 0. The van der Waals surface area contributed by atoms with Gasteiger partial charge in [-0.1, -0.05) is 12.1 Å². The van der Waals surface area contributed by atoms with E-state index >= 15 is 0 Å². The van der Waals surface area contributed by atoms with E-state index in [2.05, 4.69) is 9.97 Å². The van der Waals surface area contributed by atoms with E-state index in [1.54, 1.807) is 42.7 Å². The second-order valence-electron chi connectivity index (χ2n) is 2.46. The number of rotatable bonds is 0. The van der Waals surface area contributed by atoms with Crippen molar-refractivity contribution >= 4 is 5.69 Å². The fourth-order valence-electron chi connectivity index (χ4n) is 0.741. The van der Waals surface area contributed by atoms with Gasteiger partial charge in [0.25, 0.3) is 0 Å². The maximum atomic E-state index is 8.79. The summed E-state index contributed by atoms with van der Waals surface area (Å²) in [6.07, 6.45) is 4.88. The average Bonchev–Trinajstić information content (AvgIpc) is 2.26. The van der Waals surface area contributed by atoms with Gasteiger partial charge in [-0.2, -0.15) is 0 Å². The first kappa shape index (κ1) is 9.98. The molecule has 0 fully saturated rings. The molecule has 72 valence electrons. The van der Waals surface area contributed by atoms with Crippen molar-refractivity contribution in [3.05, 3.63) is 49.1 Å². The highest BCUT2D eigenvalue weighted by atomic mass is 16.3. The molecule has 0 aliphatic rings. The summed E-state index contributed by atoms with van der Waals surface area (Å²) in [5.74, 6) is 0.146. The Morgan fingerprint density at radius 2 is 1.64 bits per heavy atom. The number of para-hydroxylation sites is 2. The van der Waals surface area contributed by atoms with Gasteiger partial charge in [-0.3, -0.25) is 0 Å². The number of anilines is 1. The predicted molar refractivity (Wildman–Crippen MR) is 54.6 cm³/mol. The molecule has 0 aliphatic carbocycles. The summed E-state index contributed by atoms with van der Waals surface area (Å²) in [5, 5.41) is 8.79. The van der Waals surface area contributed by atoms with Crippen molar-refractivity contribution in [3.8, 4) is 5.75 Å². The highest BCUT2D eigenvalue weighted by Gasteiger charge is 1.87. The molecule has 0 radical (unpaired) electrons. The minimum Gasteiger partial charge on any atom is -0.506 e. The smallest absolute Gasteiger partial charge is 0.138 e. The maximum Gasteiger partial charge on any atom is 0.138 e. The lowest BCUT2D eigenvalue weighted by Gasteiger charge is -1.92. The van der Waals surface area contributed by atoms with Crippen LogP contribution in [0, 0.1) is 0 Å². The number of nitrogen functional groups attached to an aromatic ring is 1. The first-order chi connectivity index (χ1) is 6.80. The molecule has 1 heterocycles. The standard InChI is InChI=1S/C6H7NO.C4H4N2/c7-5-3-1-2-4-6(5)8;1-2-5-4-6-3-1/h1-4,8H,7H2;1-4H. The van der Waals surface area contributed by atoms with Crippen molar-refractivity contribution in [3.63, 3.8) is 0 Å². The van der Waals surface area contributed by atoms with Crippen LogP contribution in [0.1, 0.15) is 0 Å². The molecule has 0 spiro atoms. The Morgan fingerprint density at radius 3 is 1.93 bits per heavy atom. The SMILES string of the molecule is Nc1ccccc1O.c1cncnc1. The number of hydrogen-bond acceptors (Lipinski definition) is 4. The van der Waals surface area contributed by atoms with Gasteiger partial charge >= 0.3 is 0 Å². The van der Waals surface area contributed by atoms with Crippen molar-refractivity contribution in [2.75, 3.05) is 5.73 Å². The molecule has 0 aliphatic heterocycles. The Kier molecular flexibility index (Phi) is 3.94. The molecular weight excluding hydrogens is 178 g/mol. The molecule has 1 aromatic heterocycles. The molecule has 0 atom stereocenters. The van der Waals surface area contributed by atoms with Gasteiger partial charge in [0.05, 0.1) is 5.69 Å². The normalized spacial score (nSPS) is 8.57. The molecule has 3 N–H and O–H groups in total. The molecule has 2 aromatic rings. The van der Waals surface area contributed by atoms with E-state index in [0.29, 0.717) is 5.69 Å². The second-order valence-corrected chi connectivity index (χ2v) is 2.46. The number of nitrogens with two attached hydrogens (primary N) is 1. The van der Waals surface area contributed by atoms with Crippen molar-refractivity contribution < 1.29 is 5.11 Å². The number of aromatic hydroxyl groups is 1. The molecule has 4 nitrogen and oxygen atoms in total. The number of phenolic OH excluding ortho intramolecular Hbond substituents is 1. The molecule has 2 rings (SSSR count). The molecule has 0 saturated carbocycles. The number of phenols is 1. The lowest BCUT2D eigenvalue weighted by molar-refractivity contribution is 0.478. The fourth-order valence-corrected chi connectivity index (χ4v) is 0.741. The molecular formula is C10H11N3O. The molecule has 0 unspecified atom stereocenters. The third-order valence-electron chi connectivity index (χ3n) is 1.41. The van der Waals surface area contributed by atoms with Crippen molar-refractivity contribution in [2.24, 2.45) is 0 Å². The highest BCUT2D eigenvalue weighted by molar-refractivity contribution is 5.50. The van der Waals surface area contributed by atoms with Crippen LogP contribution in [0.5, 0.6) is 5.75 Å². The first-order valence-corrected chi connectivity index (χ1v) is 4.04. The Hall–Kier alpha value is -2.10. The number of aromatic nitrogens is 2. The average molecular weight is 189 g/mol. The molecule has 1 aromatic carbocycles. The lowest BCUT2D eigenvalue weighted by atomic mass is 10.3. The number of benzene rings is 1. The predicted octanol–water partition coefficient (Wildman–Crippen LogP) is 1.45. The van der Waals surface area contributed by atoms with E-state index in [1.807, 2.05) is 0 Å². The zero-order valence-corrected chi connectivity index (χ0v) is 7.54. The van der Waals surface area contributed by atoms with Crippen molar-refractivity contribution in [1.82, 2.24) is 9.97 Å². The van der Waals surface area contributed by atoms with Crippen LogP contribution < -0.4 is 5.73 Å². The van der Waals surface area contributed by atoms with Gasteiger partial charge in [0, 0.05) is 12.4 Å². The van der Waals surface area contributed by atoms with E-state index in [4.69, 9.17) is 10.8 Å². The largest absolute Gasteiger partial charge is 0.506 e. The van der Waals surface area contributed by atoms with Crippen molar-refractivity contribution in [2.45, 2.75) is 0 Å². The van der Waals surface area contributed by atoms with E-state index in [0.717, 1.165) is 0 Å². The van der Waals surface area contributed by atoms with Gasteiger partial charge in [-0.25, -0.2) is 9.97 Å². The Labute approximate surface area is 82.1 Å². The zero-order chi connectivity index (χ0) is 10.2. The molecule has 4 heteroatoms. The van der Waals surface area contributed by atoms with Gasteiger partial charge in [0.2, 0.25) is 0 Å². The molecule has 0 saturated heterocycles. The number of nitrogens with zero attached hydrogens (tertiary/aromatic N) is 2. The summed E-state index contributed by atoms with van der Waals surface area (Å²) in [6, 6.07) is 8.48. The Bertz CT molecular complexity index is 317. The van der Waals surface area contributed by atoms with Crippen LogP contribution >= 0.6 is 0 Å². The second kappa shape index (κ2) is 5.53. The topological polar surface area (TPSA) is 72.0 Å². The monoisotopic (exact) mass is 189 g/mol. The van der Waals surface area contributed by atoms with Gasteiger partial charge in [0.1, 0.15) is 12.1 Å². The Balaban J connectivity index is 0.000000146. The number of hydrogen-bond donors (Lipinski definition) is 2. The van der Waals surface area contributed by atoms with Crippen molar-refractivity contribution in [1.29, 1.82) is 0 Å². The minimum absolute atomic E-state index is 0.146. The quantitative estimate of drug-likeness (QED) is 0.486. The molecule has 14 heavy (non-hydrogen) atoms. The van der Waals surface area contributed by atoms with Gasteiger partial charge in [0.15, 0.2) is 0 Å². The molecule has 0 amide bonds. The van der Waals surface area contributed by atoms with E-state index in [1.165, 1.54) is 6.33 Å². The summed E-state index contributed by atoms with van der Waals surface area (Å²) in [5.41, 5.74) is 5.69. The minimum atomic E-state index is 0.146. The van der Waals surface area contributed by atoms with Crippen LogP contribution in [-0.4, -0.2) is 15.1 Å². The van der Waals surface area contributed by atoms with Crippen LogP contribution in [-0.2, 0) is 0 Å². The van der Waals surface area contributed by atoms with Crippen LogP contribution in [0.15, 0.2) is 49.1 Å². The van der Waals surface area contributed by atoms with Crippen LogP contribution in [0.4, 0.5) is 5.69 Å². The summed E-state index contributed by atoms with van der Waals surface area (Å²) in [7, 11) is 0. The van der Waals surface area contributed by atoms with E-state index < -0.39 is 0 Å². The maximum absolute atomic E-state index is 8.79. The third kappa shape index (κ3) is 3.53. The zero-order valence-electron chi connectivity index (χ0n) is 7.54. The lowest BCUT2D eigenvalue weighted by Crippen LogP contribution is -1.82. The van der Waals surface area contributed by atoms with Gasteiger partial charge < -0.3 is 10.8 Å². The van der Waals surface area contributed by atoms with Gasteiger partial charge in [-0.05, 0) is 18.2 Å². The van der Waals surface area contributed by atoms with Crippen LogP contribution in [0.25, 0.3) is 0 Å². The summed E-state index contributed by atoms with van der Waals surface area (Å²) >= 11 is 0. The van der Waals surface area contributed by atoms with E-state index in [-0.39, 0.29) is 5.75 Å². The summed E-state index contributed by atoms with van der Waals surface area (Å²) in [4.78, 5) is 7.35. The summed E-state index contributed by atoms with van der Waals surface area (Å²) in [6.45, 7) is 0. The third-order valence-corrected chi connectivity index (χ3v) is 1.41. The van der Waals surface area contributed by atoms with E-state index in [9.17, 15) is 0 Å². The highest BCUT2D eigenvalue weighted by Crippen LogP contribution is 2.16.